The number of aromatic nitrogens is 1. The van der Waals surface area contributed by atoms with Gasteiger partial charge in [0.1, 0.15) is 16.7 Å². The third kappa shape index (κ3) is 3.78. The standard InChI is InChI=1S/C25H13N3O4S/c26-13-17(10-15-4-3-6-18(11-15)28(30)31)24-27-22(14-33-24)21-12-20-19-7-2-1-5-16(19)8-9-23(20)32-25(21)29/h1-12,14H/b17-10-. The van der Waals surface area contributed by atoms with Gasteiger partial charge in [0.15, 0.2) is 0 Å². The third-order valence-electron chi connectivity index (χ3n) is 5.16. The Bertz CT molecular complexity index is 1690. The van der Waals surface area contributed by atoms with Crippen LogP contribution in [0, 0.1) is 21.4 Å². The summed E-state index contributed by atoms with van der Waals surface area (Å²) in [7, 11) is 0. The number of hydrogen-bond donors (Lipinski definition) is 0. The van der Waals surface area contributed by atoms with Crippen LogP contribution >= 0.6 is 11.3 Å². The van der Waals surface area contributed by atoms with Crippen LogP contribution in [-0.4, -0.2) is 9.91 Å². The molecule has 3 aromatic carbocycles. The number of benzene rings is 3. The van der Waals surface area contributed by atoms with Crippen LogP contribution < -0.4 is 5.63 Å². The largest absolute Gasteiger partial charge is 0.422 e. The van der Waals surface area contributed by atoms with Crippen LogP contribution in [0.3, 0.4) is 0 Å². The van der Waals surface area contributed by atoms with Gasteiger partial charge in [0, 0.05) is 22.9 Å². The number of nitriles is 1. The summed E-state index contributed by atoms with van der Waals surface area (Å²) >= 11 is 1.21. The molecule has 0 aliphatic rings. The summed E-state index contributed by atoms with van der Waals surface area (Å²) in [6.07, 6.45) is 1.53. The van der Waals surface area contributed by atoms with Crippen molar-refractivity contribution in [3.63, 3.8) is 0 Å². The summed E-state index contributed by atoms with van der Waals surface area (Å²) in [4.78, 5) is 27.7. The van der Waals surface area contributed by atoms with Gasteiger partial charge in [-0.1, -0.05) is 42.5 Å². The minimum Gasteiger partial charge on any atom is -0.422 e. The molecule has 0 spiro atoms. The Morgan fingerprint density at radius 1 is 1.09 bits per heavy atom. The molecule has 33 heavy (non-hydrogen) atoms. The lowest BCUT2D eigenvalue weighted by atomic mass is 10.0. The molecule has 0 amide bonds. The molecular formula is C25H13N3O4S. The molecule has 0 aliphatic carbocycles. The first kappa shape index (κ1) is 20.3. The fourth-order valence-corrected chi connectivity index (χ4v) is 4.39. The minimum absolute atomic E-state index is 0.0677. The predicted octanol–water partition coefficient (Wildman–Crippen LogP) is 6.04. The monoisotopic (exact) mass is 451 g/mol. The maximum Gasteiger partial charge on any atom is 0.345 e. The summed E-state index contributed by atoms with van der Waals surface area (Å²) < 4.78 is 5.55. The molecule has 0 saturated carbocycles. The maximum atomic E-state index is 12.7. The van der Waals surface area contributed by atoms with E-state index in [1.807, 2.05) is 30.3 Å². The first-order valence-corrected chi connectivity index (χ1v) is 10.7. The molecular weight excluding hydrogens is 438 g/mol. The smallest absolute Gasteiger partial charge is 0.345 e. The summed E-state index contributed by atoms with van der Waals surface area (Å²) in [6.45, 7) is 0. The topological polar surface area (TPSA) is 110 Å². The van der Waals surface area contributed by atoms with E-state index in [0.717, 1.165) is 16.2 Å². The maximum absolute atomic E-state index is 12.7. The van der Waals surface area contributed by atoms with E-state index < -0.39 is 10.5 Å². The first-order valence-electron chi connectivity index (χ1n) is 9.81. The lowest BCUT2D eigenvalue weighted by Crippen LogP contribution is -2.03. The van der Waals surface area contributed by atoms with Crippen LogP contribution in [0.2, 0.25) is 0 Å². The molecule has 2 aromatic heterocycles. The van der Waals surface area contributed by atoms with E-state index in [-0.39, 0.29) is 11.3 Å². The average Bonchev–Trinajstić information content (AvgIpc) is 3.32. The van der Waals surface area contributed by atoms with Gasteiger partial charge in [0.05, 0.1) is 21.8 Å². The summed E-state index contributed by atoms with van der Waals surface area (Å²) in [5, 5.41) is 25.5. The molecule has 0 unspecified atom stereocenters. The van der Waals surface area contributed by atoms with Gasteiger partial charge in [-0.05, 0) is 34.5 Å². The van der Waals surface area contributed by atoms with Crippen molar-refractivity contribution in [1.82, 2.24) is 4.98 Å². The van der Waals surface area contributed by atoms with Gasteiger partial charge in [-0.2, -0.15) is 5.26 Å². The molecule has 8 heteroatoms. The number of hydrogen-bond acceptors (Lipinski definition) is 7. The Kier molecular flexibility index (Phi) is 5.01. The van der Waals surface area contributed by atoms with E-state index >= 15 is 0 Å². The zero-order valence-corrected chi connectivity index (χ0v) is 17.7. The lowest BCUT2D eigenvalue weighted by molar-refractivity contribution is -0.384. The molecule has 0 atom stereocenters. The van der Waals surface area contributed by atoms with Crippen molar-refractivity contribution in [1.29, 1.82) is 5.26 Å². The summed E-state index contributed by atoms with van der Waals surface area (Å²) in [5.41, 5.74) is 1.35. The average molecular weight is 451 g/mol. The molecule has 0 fully saturated rings. The SMILES string of the molecule is N#C/C(=C/c1cccc([N+](=O)[O-])c1)c1nc(-c2cc3c(ccc4ccccc43)oc2=O)cs1. The molecule has 7 nitrogen and oxygen atoms in total. The Hall–Kier alpha value is -4.61. The minimum atomic E-state index is -0.518. The van der Waals surface area contributed by atoms with Crippen LogP contribution in [0.1, 0.15) is 10.6 Å². The van der Waals surface area contributed by atoms with Crippen molar-refractivity contribution in [2.45, 2.75) is 0 Å². The molecule has 0 bridgehead atoms. The van der Waals surface area contributed by atoms with Crippen molar-refractivity contribution in [2.24, 2.45) is 0 Å². The van der Waals surface area contributed by atoms with Gasteiger partial charge in [-0.15, -0.1) is 11.3 Å². The number of nitrogens with zero attached hydrogens (tertiary/aromatic N) is 3. The molecule has 0 N–H and O–H groups in total. The molecule has 0 radical (unpaired) electrons. The van der Waals surface area contributed by atoms with E-state index in [4.69, 9.17) is 4.42 Å². The van der Waals surface area contributed by atoms with Crippen molar-refractivity contribution < 1.29 is 9.34 Å². The van der Waals surface area contributed by atoms with Gasteiger partial charge in [0.2, 0.25) is 0 Å². The molecule has 2 heterocycles. The van der Waals surface area contributed by atoms with Gasteiger partial charge < -0.3 is 4.42 Å². The van der Waals surface area contributed by atoms with Gasteiger partial charge >= 0.3 is 5.63 Å². The second-order valence-corrected chi connectivity index (χ2v) is 8.06. The van der Waals surface area contributed by atoms with Crippen LogP contribution in [-0.2, 0) is 0 Å². The highest BCUT2D eigenvalue weighted by Gasteiger charge is 2.15. The lowest BCUT2D eigenvalue weighted by Gasteiger charge is -2.04. The van der Waals surface area contributed by atoms with Gasteiger partial charge in [-0.3, -0.25) is 10.1 Å². The fourth-order valence-electron chi connectivity index (χ4n) is 3.61. The number of nitro groups is 1. The third-order valence-corrected chi connectivity index (χ3v) is 6.04. The number of thiazole rings is 1. The number of nitro benzene ring substituents is 1. The summed E-state index contributed by atoms with van der Waals surface area (Å²) in [6, 6.07) is 21.3. The number of rotatable bonds is 4. The highest BCUT2D eigenvalue weighted by atomic mass is 32.1. The Morgan fingerprint density at radius 2 is 1.94 bits per heavy atom. The second-order valence-electron chi connectivity index (χ2n) is 7.21. The highest BCUT2D eigenvalue weighted by Crippen LogP contribution is 2.30. The fraction of sp³-hybridized carbons (Fsp3) is 0. The molecule has 0 saturated heterocycles. The van der Waals surface area contributed by atoms with Crippen molar-refractivity contribution in [3.8, 4) is 17.3 Å². The van der Waals surface area contributed by atoms with E-state index in [2.05, 4.69) is 11.1 Å². The van der Waals surface area contributed by atoms with E-state index in [0.29, 0.717) is 27.4 Å². The Morgan fingerprint density at radius 3 is 2.76 bits per heavy atom. The number of allylic oxidation sites excluding steroid dienone is 1. The molecule has 0 aliphatic heterocycles. The second kappa shape index (κ2) is 8.15. The highest BCUT2D eigenvalue weighted by molar-refractivity contribution is 7.11. The van der Waals surface area contributed by atoms with Crippen LogP contribution in [0.25, 0.3) is 44.6 Å². The van der Waals surface area contributed by atoms with Crippen molar-refractivity contribution >= 4 is 50.4 Å². The Balaban J connectivity index is 1.59. The normalized spacial score (nSPS) is 11.5. The number of fused-ring (bicyclic) bond motifs is 3. The van der Waals surface area contributed by atoms with Gasteiger partial charge in [-0.25, -0.2) is 9.78 Å². The van der Waals surface area contributed by atoms with E-state index in [1.54, 1.807) is 29.6 Å². The summed E-state index contributed by atoms with van der Waals surface area (Å²) in [5.74, 6) is 0. The van der Waals surface area contributed by atoms with Crippen molar-refractivity contribution in [3.05, 3.63) is 103 Å². The molecule has 158 valence electrons. The van der Waals surface area contributed by atoms with Crippen LogP contribution in [0.4, 0.5) is 5.69 Å². The van der Waals surface area contributed by atoms with E-state index in [1.165, 1.54) is 29.5 Å². The quantitative estimate of drug-likeness (QED) is 0.108. The molecule has 5 aromatic rings. The first-order chi connectivity index (χ1) is 16.0. The predicted molar refractivity (Wildman–Crippen MR) is 128 cm³/mol. The zero-order chi connectivity index (χ0) is 22.9. The van der Waals surface area contributed by atoms with Crippen LogP contribution in [0.15, 0.2) is 81.3 Å². The van der Waals surface area contributed by atoms with Crippen molar-refractivity contribution in [2.75, 3.05) is 0 Å². The Labute approximate surface area is 190 Å². The number of non-ortho nitro benzene ring substituents is 1. The molecule has 5 rings (SSSR count). The van der Waals surface area contributed by atoms with E-state index in [9.17, 15) is 20.2 Å². The van der Waals surface area contributed by atoms with Gasteiger partial charge in [0.25, 0.3) is 5.69 Å². The zero-order valence-electron chi connectivity index (χ0n) is 16.9. The van der Waals surface area contributed by atoms with Crippen LogP contribution in [0.5, 0.6) is 0 Å².